The van der Waals surface area contributed by atoms with Crippen LogP contribution in [0.4, 0.5) is 0 Å². The van der Waals surface area contributed by atoms with E-state index in [1.165, 1.54) is 0 Å². The van der Waals surface area contributed by atoms with Gasteiger partial charge in [-0.15, -0.1) is 0 Å². The first kappa shape index (κ1) is 17.2. The van der Waals surface area contributed by atoms with E-state index in [1.54, 1.807) is 11.9 Å². The molecule has 0 fully saturated rings. The fraction of sp³-hybridized carbons (Fsp3) is 0.500. The summed E-state index contributed by atoms with van der Waals surface area (Å²) in [6.45, 7) is 6.17. The Kier molecular flexibility index (Phi) is 6.88. The van der Waals surface area contributed by atoms with Gasteiger partial charge >= 0.3 is 0 Å². The molecular formula is C16H25N3O2. The molecule has 0 aliphatic carbocycles. The molecule has 2 amide bonds. The Labute approximate surface area is 126 Å². The minimum absolute atomic E-state index is 0.0448. The van der Waals surface area contributed by atoms with E-state index >= 15 is 0 Å². The number of amides is 2. The zero-order valence-corrected chi connectivity index (χ0v) is 13.2. The molecule has 21 heavy (non-hydrogen) atoms. The van der Waals surface area contributed by atoms with Crippen LogP contribution < -0.4 is 10.6 Å². The monoisotopic (exact) mass is 291 g/mol. The highest BCUT2D eigenvalue weighted by Crippen LogP contribution is 2.10. The van der Waals surface area contributed by atoms with Gasteiger partial charge in [0.15, 0.2) is 0 Å². The van der Waals surface area contributed by atoms with Crippen LogP contribution >= 0.6 is 0 Å². The number of benzene rings is 1. The van der Waals surface area contributed by atoms with Crippen LogP contribution in [-0.4, -0.2) is 42.9 Å². The molecule has 0 aliphatic rings. The van der Waals surface area contributed by atoms with Crippen molar-refractivity contribution in [2.45, 2.75) is 32.9 Å². The van der Waals surface area contributed by atoms with E-state index in [2.05, 4.69) is 10.6 Å². The second kappa shape index (κ2) is 8.42. The molecule has 1 atom stereocenters. The fourth-order valence-electron chi connectivity index (χ4n) is 2.03. The number of carbonyl (C=O) groups is 2. The number of carbonyl (C=O) groups excluding carboxylic acids is 2. The van der Waals surface area contributed by atoms with E-state index in [4.69, 9.17) is 0 Å². The summed E-state index contributed by atoms with van der Waals surface area (Å²) < 4.78 is 0. The summed E-state index contributed by atoms with van der Waals surface area (Å²) in [5.74, 6) is -0.164. The SMILES string of the molecule is CC(C)NC(=O)CN(C)CC(=O)NC(C)c1ccccc1. The van der Waals surface area contributed by atoms with Gasteiger partial charge in [0.25, 0.3) is 0 Å². The third kappa shape index (κ3) is 6.90. The molecule has 0 saturated heterocycles. The first-order valence-corrected chi connectivity index (χ1v) is 7.20. The van der Waals surface area contributed by atoms with Gasteiger partial charge in [-0.25, -0.2) is 0 Å². The Bertz CT molecular complexity index is 460. The molecule has 2 N–H and O–H groups in total. The third-order valence-corrected chi connectivity index (χ3v) is 2.95. The predicted molar refractivity (Wildman–Crippen MR) is 83.8 cm³/mol. The molecule has 1 aromatic rings. The molecule has 5 heteroatoms. The van der Waals surface area contributed by atoms with Gasteiger partial charge in [0.1, 0.15) is 0 Å². The normalized spacial score (nSPS) is 12.3. The maximum absolute atomic E-state index is 12.0. The Morgan fingerprint density at radius 2 is 1.52 bits per heavy atom. The van der Waals surface area contributed by atoms with Crippen molar-refractivity contribution < 1.29 is 9.59 Å². The van der Waals surface area contributed by atoms with Crippen molar-refractivity contribution >= 4 is 11.8 Å². The lowest BCUT2D eigenvalue weighted by molar-refractivity contribution is -0.125. The van der Waals surface area contributed by atoms with Crippen LogP contribution in [0.5, 0.6) is 0 Å². The van der Waals surface area contributed by atoms with Crippen molar-refractivity contribution in [3.63, 3.8) is 0 Å². The van der Waals surface area contributed by atoms with Crippen LogP contribution in [0.15, 0.2) is 30.3 Å². The van der Waals surface area contributed by atoms with Gasteiger partial charge in [0.2, 0.25) is 11.8 Å². The second-order valence-electron chi connectivity index (χ2n) is 5.59. The van der Waals surface area contributed by atoms with E-state index in [9.17, 15) is 9.59 Å². The highest BCUT2D eigenvalue weighted by atomic mass is 16.2. The van der Waals surface area contributed by atoms with E-state index in [0.29, 0.717) is 0 Å². The molecule has 0 saturated carbocycles. The quantitative estimate of drug-likeness (QED) is 0.796. The standard InChI is InChI=1S/C16H25N3O2/c1-12(2)17-15(20)10-19(4)11-16(21)18-13(3)14-8-6-5-7-9-14/h5-9,12-13H,10-11H2,1-4H3,(H,17,20)(H,18,21). The van der Waals surface area contributed by atoms with Gasteiger partial charge in [-0.1, -0.05) is 30.3 Å². The van der Waals surface area contributed by atoms with Crippen LogP contribution in [0.3, 0.4) is 0 Å². The largest absolute Gasteiger partial charge is 0.353 e. The summed E-state index contributed by atoms with van der Waals surface area (Å²) in [4.78, 5) is 25.3. The van der Waals surface area contributed by atoms with Crippen molar-refractivity contribution in [2.75, 3.05) is 20.1 Å². The highest BCUT2D eigenvalue weighted by Gasteiger charge is 2.13. The van der Waals surface area contributed by atoms with Crippen LogP contribution in [-0.2, 0) is 9.59 Å². The van der Waals surface area contributed by atoms with Crippen molar-refractivity contribution in [1.29, 1.82) is 0 Å². The lowest BCUT2D eigenvalue weighted by Crippen LogP contribution is -2.42. The first-order chi connectivity index (χ1) is 9.88. The molecule has 0 aromatic heterocycles. The van der Waals surface area contributed by atoms with Gasteiger partial charge in [0, 0.05) is 6.04 Å². The minimum atomic E-state index is -0.0915. The fourth-order valence-corrected chi connectivity index (χ4v) is 2.03. The van der Waals surface area contributed by atoms with Crippen LogP contribution in [0.25, 0.3) is 0 Å². The molecule has 0 heterocycles. The molecule has 0 aliphatic heterocycles. The van der Waals surface area contributed by atoms with Crippen LogP contribution in [0.1, 0.15) is 32.4 Å². The van der Waals surface area contributed by atoms with Crippen LogP contribution in [0, 0.1) is 0 Å². The molecule has 5 nitrogen and oxygen atoms in total. The maximum atomic E-state index is 12.0. The summed E-state index contributed by atoms with van der Waals surface area (Å²) in [6, 6.07) is 9.85. The number of hydrogen-bond donors (Lipinski definition) is 2. The summed E-state index contributed by atoms with van der Waals surface area (Å²) in [5.41, 5.74) is 1.06. The Balaban J connectivity index is 2.37. The summed E-state index contributed by atoms with van der Waals surface area (Å²) in [7, 11) is 1.76. The number of hydrogen-bond acceptors (Lipinski definition) is 3. The average Bonchev–Trinajstić information content (AvgIpc) is 2.37. The third-order valence-electron chi connectivity index (χ3n) is 2.95. The Hall–Kier alpha value is -1.88. The zero-order chi connectivity index (χ0) is 15.8. The lowest BCUT2D eigenvalue weighted by Gasteiger charge is -2.19. The van der Waals surface area contributed by atoms with Gasteiger partial charge < -0.3 is 10.6 Å². The molecular weight excluding hydrogens is 266 g/mol. The molecule has 116 valence electrons. The van der Waals surface area contributed by atoms with E-state index in [1.807, 2.05) is 51.1 Å². The minimum Gasteiger partial charge on any atom is -0.353 e. The van der Waals surface area contributed by atoms with E-state index in [-0.39, 0.29) is 37.0 Å². The predicted octanol–water partition coefficient (Wildman–Crippen LogP) is 1.32. The maximum Gasteiger partial charge on any atom is 0.234 e. The van der Waals surface area contributed by atoms with Crippen LogP contribution in [0.2, 0.25) is 0 Å². The molecule has 1 aromatic carbocycles. The van der Waals surface area contributed by atoms with Crippen molar-refractivity contribution in [1.82, 2.24) is 15.5 Å². The molecule has 0 spiro atoms. The summed E-state index contributed by atoms with van der Waals surface area (Å²) in [5, 5.41) is 5.73. The molecule has 0 radical (unpaired) electrons. The average molecular weight is 291 g/mol. The number of likely N-dealkylation sites (N-methyl/N-ethyl adjacent to an activating group) is 1. The van der Waals surface area contributed by atoms with Gasteiger partial charge in [-0.05, 0) is 33.4 Å². The van der Waals surface area contributed by atoms with E-state index in [0.717, 1.165) is 5.56 Å². The van der Waals surface area contributed by atoms with Gasteiger partial charge in [-0.2, -0.15) is 0 Å². The van der Waals surface area contributed by atoms with Gasteiger partial charge in [-0.3, -0.25) is 14.5 Å². The van der Waals surface area contributed by atoms with Crippen molar-refractivity contribution in [3.8, 4) is 0 Å². The topological polar surface area (TPSA) is 61.4 Å². The first-order valence-electron chi connectivity index (χ1n) is 7.20. The number of rotatable bonds is 7. The zero-order valence-electron chi connectivity index (χ0n) is 13.2. The second-order valence-corrected chi connectivity index (χ2v) is 5.59. The molecule has 0 bridgehead atoms. The number of nitrogens with one attached hydrogen (secondary N) is 2. The molecule has 1 unspecified atom stereocenters. The summed E-state index contributed by atoms with van der Waals surface area (Å²) >= 11 is 0. The Morgan fingerprint density at radius 1 is 1.00 bits per heavy atom. The Morgan fingerprint density at radius 3 is 2.05 bits per heavy atom. The molecule has 1 rings (SSSR count). The highest BCUT2D eigenvalue weighted by molar-refractivity contribution is 5.81. The van der Waals surface area contributed by atoms with Crippen molar-refractivity contribution in [2.24, 2.45) is 0 Å². The number of nitrogens with zero attached hydrogens (tertiary/aromatic N) is 1. The lowest BCUT2D eigenvalue weighted by atomic mass is 10.1. The van der Waals surface area contributed by atoms with E-state index < -0.39 is 0 Å². The summed E-state index contributed by atoms with van der Waals surface area (Å²) in [6.07, 6.45) is 0. The van der Waals surface area contributed by atoms with Crippen molar-refractivity contribution in [3.05, 3.63) is 35.9 Å². The smallest absolute Gasteiger partial charge is 0.234 e. The van der Waals surface area contributed by atoms with Gasteiger partial charge in [0.05, 0.1) is 19.1 Å².